The molecular weight excluding hydrogens is 428 g/mol. The van der Waals surface area contributed by atoms with Gasteiger partial charge in [-0.1, -0.05) is 41.9 Å². The first-order chi connectivity index (χ1) is 13.0. The number of benzene rings is 2. The maximum absolute atomic E-state index is 6.51. The second-order valence-corrected chi connectivity index (χ2v) is 7.71. The highest BCUT2D eigenvalue weighted by atomic mass is 79.9. The van der Waals surface area contributed by atoms with Gasteiger partial charge in [0, 0.05) is 30.8 Å². The van der Waals surface area contributed by atoms with Gasteiger partial charge in [0.05, 0.1) is 28.0 Å². The second kappa shape index (κ2) is 7.46. The van der Waals surface area contributed by atoms with Crippen molar-refractivity contribution in [1.29, 1.82) is 0 Å². The topological polar surface area (TPSA) is 64.3 Å². The zero-order chi connectivity index (χ0) is 19.0. The van der Waals surface area contributed by atoms with Crippen LogP contribution in [-0.4, -0.2) is 22.0 Å². The normalized spacial score (nSPS) is 13.6. The lowest BCUT2D eigenvalue weighted by Gasteiger charge is -2.15. The predicted octanol–water partition coefficient (Wildman–Crippen LogP) is 4.67. The Balaban J connectivity index is 1.72. The summed E-state index contributed by atoms with van der Waals surface area (Å²) < 4.78 is 6.22. The molecule has 0 saturated carbocycles. The fraction of sp³-hybridized carbons (Fsp3) is 0.200. The van der Waals surface area contributed by atoms with Crippen LogP contribution in [0.3, 0.4) is 0 Å². The average Bonchev–Trinajstić information content (AvgIpc) is 3.04. The van der Waals surface area contributed by atoms with Crippen molar-refractivity contribution in [3.05, 3.63) is 68.8 Å². The smallest absolute Gasteiger partial charge is 0.220 e. The molecule has 2 heterocycles. The summed E-state index contributed by atoms with van der Waals surface area (Å²) in [4.78, 5) is 11.3. The molecular formula is C20H18BrClN4O. The van der Waals surface area contributed by atoms with Crippen molar-refractivity contribution < 1.29 is 4.74 Å². The van der Waals surface area contributed by atoms with Crippen LogP contribution in [0.15, 0.2) is 46.9 Å². The number of nitrogen functional groups attached to an aromatic ring is 1. The Morgan fingerprint density at radius 3 is 2.70 bits per heavy atom. The summed E-state index contributed by atoms with van der Waals surface area (Å²) in [5.41, 5.74) is 10.8. The molecule has 0 bridgehead atoms. The third kappa shape index (κ3) is 3.65. The van der Waals surface area contributed by atoms with Gasteiger partial charge in [-0.15, -0.1) is 0 Å². The number of fused-ring (bicyclic) bond motifs is 1. The zero-order valence-corrected chi connectivity index (χ0v) is 17.1. The van der Waals surface area contributed by atoms with Crippen molar-refractivity contribution in [2.45, 2.75) is 19.6 Å². The standard InChI is InChI=1S/C20H18BrClN4O/c1-27-18-7-13(16(22)8-15(18)21)19-14-10-26(9-12-5-3-2-4-6-12)11-17(14)24-20(23)25-19/h2-8H,9-11H2,1H3,(H2,23,24,25). The second-order valence-electron chi connectivity index (χ2n) is 6.45. The Kier molecular flexibility index (Phi) is 5.04. The average molecular weight is 446 g/mol. The van der Waals surface area contributed by atoms with Gasteiger partial charge in [0.1, 0.15) is 5.75 Å². The Morgan fingerprint density at radius 1 is 1.19 bits per heavy atom. The summed E-state index contributed by atoms with van der Waals surface area (Å²) in [6.07, 6.45) is 0. The molecule has 0 unspecified atom stereocenters. The monoisotopic (exact) mass is 444 g/mol. The summed E-state index contributed by atoms with van der Waals surface area (Å²) in [6.45, 7) is 2.32. The predicted molar refractivity (Wildman–Crippen MR) is 111 cm³/mol. The van der Waals surface area contributed by atoms with Crippen LogP contribution in [0, 0.1) is 0 Å². The Labute approximate surface area is 171 Å². The van der Waals surface area contributed by atoms with Crippen molar-refractivity contribution in [1.82, 2.24) is 14.9 Å². The fourth-order valence-electron chi connectivity index (χ4n) is 3.38. The Bertz CT molecular complexity index is 997. The highest BCUT2D eigenvalue weighted by Crippen LogP contribution is 2.40. The molecule has 1 aromatic heterocycles. The lowest BCUT2D eigenvalue weighted by molar-refractivity contribution is 0.274. The molecule has 2 aromatic carbocycles. The maximum Gasteiger partial charge on any atom is 0.220 e. The van der Waals surface area contributed by atoms with Crippen molar-refractivity contribution in [2.75, 3.05) is 12.8 Å². The first-order valence-corrected chi connectivity index (χ1v) is 9.67. The van der Waals surface area contributed by atoms with E-state index in [-0.39, 0.29) is 5.95 Å². The third-order valence-corrected chi connectivity index (χ3v) is 5.54. The largest absolute Gasteiger partial charge is 0.496 e. The molecule has 0 atom stereocenters. The van der Waals surface area contributed by atoms with Gasteiger partial charge in [0.2, 0.25) is 5.95 Å². The minimum absolute atomic E-state index is 0.253. The molecule has 2 N–H and O–H groups in total. The van der Waals surface area contributed by atoms with Crippen LogP contribution in [0.25, 0.3) is 11.3 Å². The molecule has 7 heteroatoms. The number of anilines is 1. The summed E-state index contributed by atoms with van der Waals surface area (Å²) in [5, 5.41) is 0.587. The number of hydrogen-bond acceptors (Lipinski definition) is 5. The molecule has 4 rings (SSSR count). The summed E-state index contributed by atoms with van der Waals surface area (Å²) in [5.74, 6) is 0.947. The number of methoxy groups -OCH3 is 1. The number of halogens is 2. The van der Waals surface area contributed by atoms with Crippen LogP contribution in [0.4, 0.5) is 5.95 Å². The van der Waals surface area contributed by atoms with Gasteiger partial charge in [0.25, 0.3) is 0 Å². The van der Waals surface area contributed by atoms with Crippen molar-refractivity contribution >= 4 is 33.5 Å². The number of hydrogen-bond donors (Lipinski definition) is 1. The van der Waals surface area contributed by atoms with Gasteiger partial charge in [-0.3, -0.25) is 4.90 Å². The van der Waals surface area contributed by atoms with E-state index in [2.05, 4.69) is 55.1 Å². The quantitative estimate of drug-likeness (QED) is 0.632. The van der Waals surface area contributed by atoms with E-state index in [4.69, 9.17) is 22.1 Å². The van der Waals surface area contributed by atoms with E-state index >= 15 is 0 Å². The van der Waals surface area contributed by atoms with E-state index in [1.165, 1.54) is 5.56 Å². The van der Waals surface area contributed by atoms with E-state index < -0.39 is 0 Å². The van der Waals surface area contributed by atoms with Gasteiger partial charge in [-0.2, -0.15) is 0 Å². The van der Waals surface area contributed by atoms with Gasteiger partial charge in [-0.25, -0.2) is 9.97 Å². The molecule has 138 valence electrons. The molecule has 1 aliphatic rings. The van der Waals surface area contributed by atoms with Crippen LogP contribution in [0.1, 0.15) is 16.8 Å². The molecule has 5 nitrogen and oxygen atoms in total. The maximum atomic E-state index is 6.51. The van der Waals surface area contributed by atoms with Crippen LogP contribution in [0.5, 0.6) is 5.75 Å². The molecule has 0 radical (unpaired) electrons. The summed E-state index contributed by atoms with van der Waals surface area (Å²) in [6, 6.07) is 14.1. The Hall–Kier alpha value is -2.15. The van der Waals surface area contributed by atoms with E-state index in [9.17, 15) is 0 Å². The van der Waals surface area contributed by atoms with E-state index in [0.29, 0.717) is 10.8 Å². The van der Waals surface area contributed by atoms with E-state index in [0.717, 1.165) is 46.6 Å². The molecule has 1 aliphatic heterocycles. The lowest BCUT2D eigenvalue weighted by atomic mass is 10.1. The van der Waals surface area contributed by atoms with Crippen LogP contribution in [-0.2, 0) is 19.6 Å². The Morgan fingerprint density at radius 2 is 1.96 bits per heavy atom. The highest BCUT2D eigenvalue weighted by Gasteiger charge is 2.27. The number of nitrogens with two attached hydrogens (primary N) is 1. The van der Waals surface area contributed by atoms with Crippen molar-refractivity contribution in [2.24, 2.45) is 0 Å². The highest BCUT2D eigenvalue weighted by molar-refractivity contribution is 9.10. The van der Waals surface area contributed by atoms with Crippen LogP contribution >= 0.6 is 27.5 Å². The van der Waals surface area contributed by atoms with E-state index in [1.807, 2.05) is 18.2 Å². The molecule has 27 heavy (non-hydrogen) atoms. The summed E-state index contributed by atoms with van der Waals surface area (Å²) >= 11 is 9.98. The molecule has 0 aliphatic carbocycles. The summed E-state index contributed by atoms with van der Waals surface area (Å²) in [7, 11) is 1.62. The minimum Gasteiger partial charge on any atom is -0.496 e. The van der Waals surface area contributed by atoms with Crippen LogP contribution in [0.2, 0.25) is 5.02 Å². The number of aromatic nitrogens is 2. The first-order valence-electron chi connectivity index (χ1n) is 8.50. The van der Waals surface area contributed by atoms with Gasteiger partial charge in [0.15, 0.2) is 0 Å². The van der Waals surface area contributed by atoms with Crippen molar-refractivity contribution in [3.8, 4) is 17.0 Å². The van der Waals surface area contributed by atoms with Gasteiger partial charge >= 0.3 is 0 Å². The van der Waals surface area contributed by atoms with Gasteiger partial charge in [-0.05, 0) is 33.6 Å². The third-order valence-electron chi connectivity index (χ3n) is 4.61. The zero-order valence-electron chi connectivity index (χ0n) is 14.7. The number of rotatable bonds is 4. The van der Waals surface area contributed by atoms with E-state index in [1.54, 1.807) is 7.11 Å². The van der Waals surface area contributed by atoms with Crippen LogP contribution < -0.4 is 10.5 Å². The molecule has 0 spiro atoms. The molecule has 0 saturated heterocycles. The molecule has 3 aromatic rings. The number of nitrogens with zero attached hydrogens (tertiary/aromatic N) is 3. The first kappa shape index (κ1) is 18.2. The number of ether oxygens (including phenoxy) is 1. The van der Waals surface area contributed by atoms with Crippen molar-refractivity contribution in [3.63, 3.8) is 0 Å². The molecule has 0 amide bonds. The fourth-order valence-corrected chi connectivity index (χ4v) is 4.27. The minimum atomic E-state index is 0.253. The lowest BCUT2D eigenvalue weighted by Crippen LogP contribution is -2.15. The SMILES string of the molecule is COc1cc(-c2nc(N)nc3c2CN(Cc2ccccc2)C3)c(Cl)cc1Br. The molecule has 0 fully saturated rings. The van der Waals surface area contributed by atoms with Gasteiger partial charge < -0.3 is 10.5 Å².